The molecule has 0 aliphatic heterocycles. The van der Waals surface area contributed by atoms with Crippen molar-refractivity contribution in [2.24, 2.45) is 0 Å². The molecule has 0 N–H and O–H groups in total. The van der Waals surface area contributed by atoms with E-state index in [-0.39, 0.29) is 0 Å². The zero-order valence-electron chi connectivity index (χ0n) is 8.72. The maximum Gasteiger partial charge on any atom is 0.0212 e. The smallest absolute Gasteiger partial charge is 0.0212 e. The molecule has 0 heterocycles. The van der Waals surface area contributed by atoms with Crippen LogP contribution in [0.25, 0.3) is 0 Å². The zero-order valence-corrected chi connectivity index (χ0v) is 12.5. The summed E-state index contributed by atoms with van der Waals surface area (Å²) in [6, 6.07) is 0. The van der Waals surface area contributed by atoms with Gasteiger partial charge >= 0.3 is 0 Å². The summed E-state index contributed by atoms with van der Waals surface area (Å²) in [5.41, 5.74) is 0. The Labute approximate surface area is 111 Å². The average molecular weight is 371 g/mol. The minimum absolute atomic E-state index is 0.994. The van der Waals surface area contributed by atoms with E-state index in [0.717, 1.165) is 9.76 Å². The second-order valence-corrected chi connectivity index (χ2v) is 4.77. The molecule has 82 valence electrons. The Morgan fingerprint density at radius 1 is 0.786 bits per heavy atom. The van der Waals surface area contributed by atoms with Crippen LogP contribution in [0, 0.1) is 0 Å². The SMILES string of the molecule is BrCC=CCCCCCCC=CCI. The largest absolute Gasteiger partial charge is 0.0883 e. The molecule has 0 aromatic carbocycles. The summed E-state index contributed by atoms with van der Waals surface area (Å²) in [7, 11) is 0. The van der Waals surface area contributed by atoms with Gasteiger partial charge in [0.2, 0.25) is 0 Å². The van der Waals surface area contributed by atoms with Gasteiger partial charge in [-0.1, -0.05) is 75.7 Å². The Morgan fingerprint density at radius 3 is 1.86 bits per heavy atom. The highest BCUT2D eigenvalue weighted by atomic mass is 127. The van der Waals surface area contributed by atoms with Crippen LogP contribution in [0.2, 0.25) is 0 Å². The summed E-state index contributed by atoms with van der Waals surface area (Å²) < 4.78 is 1.15. The minimum Gasteiger partial charge on any atom is -0.0883 e. The van der Waals surface area contributed by atoms with Gasteiger partial charge in [0.1, 0.15) is 0 Å². The molecule has 0 aliphatic rings. The lowest BCUT2D eigenvalue weighted by atomic mass is 10.1. The van der Waals surface area contributed by atoms with Gasteiger partial charge in [0, 0.05) is 9.76 Å². The summed E-state index contributed by atoms with van der Waals surface area (Å²) in [4.78, 5) is 0. The highest BCUT2D eigenvalue weighted by Crippen LogP contribution is 2.06. The highest BCUT2D eigenvalue weighted by molar-refractivity contribution is 14.1. The van der Waals surface area contributed by atoms with E-state index >= 15 is 0 Å². The molecule has 0 rings (SSSR count). The van der Waals surface area contributed by atoms with Crippen LogP contribution in [0.15, 0.2) is 24.3 Å². The zero-order chi connectivity index (χ0) is 10.5. The first-order valence-electron chi connectivity index (χ1n) is 5.33. The monoisotopic (exact) mass is 370 g/mol. The summed E-state index contributed by atoms with van der Waals surface area (Å²) in [6.45, 7) is 0. The van der Waals surface area contributed by atoms with Crippen molar-refractivity contribution in [1.29, 1.82) is 0 Å². The molecule has 0 aliphatic carbocycles. The predicted molar refractivity (Wildman–Crippen MR) is 78.7 cm³/mol. The molecule has 0 nitrogen and oxygen atoms in total. The highest BCUT2D eigenvalue weighted by Gasteiger charge is 1.87. The van der Waals surface area contributed by atoms with Crippen molar-refractivity contribution in [1.82, 2.24) is 0 Å². The number of unbranched alkanes of at least 4 members (excludes halogenated alkanes) is 5. The van der Waals surface area contributed by atoms with E-state index in [1.807, 2.05) is 0 Å². The van der Waals surface area contributed by atoms with Gasteiger partial charge in [0.15, 0.2) is 0 Å². The number of allylic oxidation sites excluding steroid dienone is 4. The molecule has 0 aromatic heterocycles. The van der Waals surface area contributed by atoms with Crippen LogP contribution in [-0.4, -0.2) is 9.76 Å². The Kier molecular flexibility index (Phi) is 14.4. The fourth-order valence-electron chi connectivity index (χ4n) is 1.24. The molecule has 0 bridgehead atoms. The quantitative estimate of drug-likeness (QED) is 0.224. The van der Waals surface area contributed by atoms with Gasteiger partial charge in [0.05, 0.1) is 0 Å². The third kappa shape index (κ3) is 12.7. The van der Waals surface area contributed by atoms with Gasteiger partial charge in [-0.2, -0.15) is 0 Å². The van der Waals surface area contributed by atoms with Crippen molar-refractivity contribution in [3.63, 3.8) is 0 Å². The van der Waals surface area contributed by atoms with Gasteiger partial charge in [0.25, 0.3) is 0 Å². The standard InChI is InChI=1S/C12H20BrI/c13-11-9-7-5-3-1-2-4-6-8-10-12-14/h7-10H,1-6,11-12H2. The molecule has 0 atom stereocenters. The minimum atomic E-state index is 0.994. The summed E-state index contributed by atoms with van der Waals surface area (Å²) >= 11 is 5.75. The first-order chi connectivity index (χ1) is 6.91. The van der Waals surface area contributed by atoms with Gasteiger partial charge < -0.3 is 0 Å². The van der Waals surface area contributed by atoms with Crippen LogP contribution in [0.3, 0.4) is 0 Å². The molecule has 0 aromatic rings. The van der Waals surface area contributed by atoms with Gasteiger partial charge in [-0.05, 0) is 25.7 Å². The molecule has 0 saturated carbocycles. The van der Waals surface area contributed by atoms with E-state index in [0.29, 0.717) is 0 Å². The van der Waals surface area contributed by atoms with E-state index in [1.165, 1.54) is 38.5 Å². The van der Waals surface area contributed by atoms with Crippen molar-refractivity contribution < 1.29 is 0 Å². The number of halogens is 2. The first-order valence-corrected chi connectivity index (χ1v) is 7.98. The Morgan fingerprint density at radius 2 is 1.36 bits per heavy atom. The van der Waals surface area contributed by atoms with Crippen LogP contribution >= 0.6 is 38.5 Å². The molecule has 0 fully saturated rings. The normalized spacial score (nSPS) is 11.9. The Hall–Kier alpha value is 0.690. The van der Waals surface area contributed by atoms with Crippen molar-refractivity contribution in [3.05, 3.63) is 24.3 Å². The number of hydrogen-bond acceptors (Lipinski definition) is 0. The first kappa shape index (κ1) is 14.7. The topological polar surface area (TPSA) is 0 Å². The van der Waals surface area contributed by atoms with Crippen molar-refractivity contribution in [3.8, 4) is 0 Å². The molecule has 0 saturated heterocycles. The Balaban J connectivity index is 2.99. The molecule has 14 heavy (non-hydrogen) atoms. The van der Waals surface area contributed by atoms with Crippen molar-refractivity contribution in [2.75, 3.05) is 9.76 Å². The molecule has 0 amide bonds. The van der Waals surface area contributed by atoms with Crippen LogP contribution in [0.4, 0.5) is 0 Å². The summed E-state index contributed by atoms with van der Waals surface area (Å²) in [5, 5.41) is 0.994. The van der Waals surface area contributed by atoms with E-state index < -0.39 is 0 Å². The summed E-state index contributed by atoms with van der Waals surface area (Å²) in [6.07, 6.45) is 17.0. The van der Waals surface area contributed by atoms with E-state index in [9.17, 15) is 0 Å². The van der Waals surface area contributed by atoms with E-state index in [4.69, 9.17) is 0 Å². The van der Waals surface area contributed by atoms with Gasteiger partial charge in [-0.3, -0.25) is 0 Å². The van der Waals surface area contributed by atoms with Crippen molar-refractivity contribution in [2.45, 2.75) is 38.5 Å². The van der Waals surface area contributed by atoms with Crippen LogP contribution in [0.5, 0.6) is 0 Å². The van der Waals surface area contributed by atoms with Crippen LogP contribution in [0.1, 0.15) is 38.5 Å². The molecular weight excluding hydrogens is 351 g/mol. The number of rotatable bonds is 9. The lowest BCUT2D eigenvalue weighted by Crippen LogP contribution is -1.77. The fourth-order valence-corrected chi connectivity index (χ4v) is 1.86. The molecule has 0 radical (unpaired) electrons. The average Bonchev–Trinajstić information content (AvgIpc) is 2.21. The van der Waals surface area contributed by atoms with E-state index in [2.05, 4.69) is 62.8 Å². The molecule has 0 unspecified atom stereocenters. The van der Waals surface area contributed by atoms with Gasteiger partial charge in [-0.15, -0.1) is 0 Å². The lowest BCUT2D eigenvalue weighted by Gasteiger charge is -1.96. The number of alkyl halides is 2. The Bertz CT molecular complexity index is 134. The molecule has 2 heteroatoms. The molecular formula is C12H20BrI. The molecule has 0 spiro atoms. The second kappa shape index (κ2) is 13.7. The fraction of sp³-hybridized carbons (Fsp3) is 0.667. The van der Waals surface area contributed by atoms with Crippen LogP contribution < -0.4 is 0 Å². The number of hydrogen-bond donors (Lipinski definition) is 0. The van der Waals surface area contributed by atoms with Gasteiger partial charge in [-0.25, -0.2) is 0 Å². The second-order valence-electron chi connectivity index (χ2n) is 3.24. The third-order valence-electron chi connectivity index (χ3n) is 2.00. The summed E-state index contributed by atoms with van der Waals surface area (Å²) in [5.74, 6) is 0. The van der Waals surface area contributed by atoms with Crippen molar-refractivity contribution >= 4 is 38.5 Å². The third-order valence-corrected chi connectivity index (χ3v) is 2.89. The predicted octanol–water partition coefficient (Wildman–Crippen LogP) is 5.27. The maximum atomic E-state index is 3.37. The lowest BCUT2D eigenvalue weighted by molar-refractivity contribution is 0.652. The maximum absolute atomic E-state index is 3.37. The van der Waals surface area contributed by atoms with Crippen LogP contribution in [-0.2, 0) is 0 Å². The van der Waals surface area contributed by atoms with E-state index in [1.54, 1.807) is 0 Å².